The summed E-state index contributed by atoms with van der Waals surface area (Å²) in [5, 5.41) is 0. The lowest BCUT2D eigenvalue weighted by molar-refractivity contribution is 1.25. The third kappa shape index (κ3) is 2.75. The van der Waals surface area contributed by atoms with Gasteiger partial charge in [0, 0.05) is 16.8 Å². The van der Waals surface area contributed by atoms with Crippen LogP contribution in [0.1, 0.15) is 11.3 Å². The normalized spacial score (nSPS) is 10.1. The first-order valence-electron chi connectivity index (χ1n) is 6.43. The molecule has 0 fully saturated rings. The van der Waals surface area contributed by atoms with Gasteiger partial charge in [0.15, 0.2) is 0 Å². The van der Waals surface area contributed by atoms with Crippen LogP contribution in [0.3, 0.4) is 0 Å². The third-order valence-corrected chi connectivity index (χ3v) is 3.22. The summed E-state index contributed by atoms with van der Waals surface area (Å²) in [4.78, 5) is 8.11. The summed E-state index contributed by atoms with van der Waals surface area (Å²) in [7, 11) is 0. The fourth-order valence-electron chi connectivity index (χ4n) is 2.27. The highest BCUT2D eigenvalue weighted by molar-refractivity contribution is 5.85. The van der Waals surface area contributed by atoms with E-state index in [4.69, 9.17) is 4.98 Å². The lowest BCUT2D eigenvalue weighted by atomic mass is 10.1. The summed E-state index contributed by atoms with van der Waals surface area (Å²) in [5.74, 6) is 0.931. The molecule has 0 aliphatic heterocycles. The molecule has 3 aromatic rings. The molecular weight excluding hydrogens is 268 g/mol. The Kier molecular flexibility index (Phi) is 4.26. The Bertz CT molecular complexity index is 702. The molecule has 0 saturated heterocycles. The number of benzene rings is 2. The van der Waals surface area contributed by atoms with Gasteiger partial charge in [0.1, 0.15) is 5.82 Å². The quantitative estimate of drug-likeness (QED) is 0.720. The molecule has 2 aromatic carbocycles. The number of hydrogen-bond donors (Lipinski definition) is 1. The topological polar surface area (TPSA) is 28.7 Å². The van der Waals surface area contributed by atoms with Crippen LogP contribution in [0.25, 0.3) is 22.6 Å². The standard InChI is InChI=1S/C17H16N2.ClH/c1-12-7-6-10-15(11-12)17-18-13(2)16(19-17)14-8-4-3-5-9-14;/h3-11H,1-2H3,(H,18,19);1H. The zero-order valence-electron chi connectivity index (χ0n) is 11.6. The smallest absolute Gasteiger partial charge is 0.138 e. The molecule has 3 rings (SSSR count). The molecule has 0 aliphatic rings. The lowest BCUT2D eigenvalue weighted by Gasteiger charge is -1.98. The average molecular weight is 285 g/mol. The van der Waals surface area contributed by atoms with Crippen LogP contribution in [-0.2, 0) is 0 Å². The molecule has 0 amide bonds. The Hall–Kier alpha value is -2.06. The number of imidazole rings is 1. The number of nitrogens with one attached hydrogen (secondary N) is 1. The van der Waals surface area contributed by atoms with Gasteiger partial charge in [-0.1, -0.05) is 54.1 Å². The minimum Gasteiger partial charge on any atom is -0.342 e. The Balaban J connectivity index is 0.00000147. The maximum atomic E-state index is 4.74. The highest BCUT2D eigenvalue weighted by Crippen LogP contribution is 2.25. The van der Waals surface area contributed by atoms with E-state index in [0.29, 0.717) is 0 Å². The maximum Gasteiger partial charge on any atom is 0.138 e. The first kappa shape index (κ1) is 14.4. The van der Waals surface area contributed by atoms with Crippen LogP contribution >= 0.6 is 12.4 Å². The summed E-state index contributed by atoms with van der Waals surface area (Å²) in [6.07, 6.45) is 0. The zero-order chi connectivity index (χ0) is 13.2. The van der Waals surface area contributed by atoms with Crippen LogP contribution in [0, 0.1) is 13.8 Å². The Morgan fingerprint density at radius 3 is 2.25 bits per heavy atom. The summed E-state index contributed by atoms with van der Waals surface area (Å²) in [6.45, 7) is 4.16. The second kappa shape index (κ2) is 5.93. The van der Waals surface area contributed by atoms with Crippen molar-refractivity contribution in [2.45, 2.75) is 13.8 Å². The van der Waals surface area contributed by atoms with Crippen LogP contribution in [0.15, 0.2) is 54.6 Å². The fraction of sp³-hybridized carbons (Fsp3) is 0.118. The summed E-state index contributed by atoms with van der Waals surface area (Å²) < 4.78 is 0. The number of hydrogen-bond acceptors (Lipinski definition) is 1. The van der Waals surface area contributed by atoms with E-state index >= 15 is 0 Å². The second-order valence-electron chi connectivity index (χ2n) is 4.79. The number of halogens is 1. The van der Waals surface area contributed by atoms with Crippen LogP contribution in [0.4, 0.5) is 0 Å². The minimum atomic E-state index is 0. The SMILES string of the molecule is Cc1cccc(-c2nc(-c3ccccc3)c(C)[nH]2)c1.Cl. The van der Waals surface area contributed by atoms with Gasteiger partial charge in [0.2, 0.25) is 0 Å². The number of aromatic nitrogens is 2. The molecule has 0 radical (unpaired) electrons. The van der Waals surface area contributed by atoms with Crippen molar-refractivity contribution in [1.82, 2.24) is 9.97 Å². The molecule has 102 valence electrons. The molecule has 0 spiro atoms. The van der Waals surface area contributed by atoms with Crippen LogP contribution < -0.4 is 0 Å². The fourth-order valence-corrected chi connectivity index (χ4v) is 2.27. The first-order valence-corrected chi connectivity index (χ1v) is 6.43. The number of aromatic amines is 1. The van der Waals surface area contributed by atoms with Crippen molar-refractivity contribution in [2.24, 2.45) is 0 Å². The largest absolute Gasteiger partial charge is 0.342 e. The molecule has 20 heavy (non-hydrogen) atoms. The van der Waals surface area contributed by atoms with Gasteiger partial charge in [-0.15, -0.1) is 12.4 Å². The summed E-state index contributed by atoms with van der Waals surface area (Å²) in [5.41, 5.74) is 5.65. The predicted octanol–water partition coefficient (Wildman–Crippen LogP) is 4.78. The molecule has 0 aliphatic carbocycles. The lowest BCUT2D eigenvalue weighted by Crippen LogP contribution is -1.82. The van der Waals surface area contributed by atoms with Gasteiger partial charge in [-0.05, 0) is 19.9 Å². The van der Waals surface area contributed by atoms with E-state index in [1.54, 1.807) is 0 Å². The Morgan fingerprint density at radius 1 is 0.850 bits per heavy atom. The van der Waals surface area contributed by atoms with Gasteiger partial charge in [0.05, 0.1) is 5.69 Å². The van der Waals surface area contributed by atoms with Crippen molar-refractivity contribution in [1.29, 1.82) is 0 Å². The summed E-state index contributed by atoms with van der Waals surface area (Å²) >= 11 is 0. The van der Waals surface area contributed by atoms with Crippen molar-refractivity contribution in [3.8, 4) is 22.6 Å². The van der Waals surface area contributed by atoms with Crippen molar-refractivity contribution in [3.63, 3.8) is 0 Å². The minimum absolute atomic E-state index is 0. The van der Waals surface area contributed by atoms with E-state index in [1.165, 1.54) is 5.56 Å². The number of nitrogens with zero attached hydrogens (tertiary/aromatic N) is 1. The van der Waals surface area contributed by atoms with Crippen molar-refractivity contribution < 1.29 is 0 Å². The number of rotatable bonds is 2. The van der Waals surface area contributed by atoms with E-state index in [2.05, 4.69) is 55.2 Å². The average Bonchev–Trinajstić information content (AvgIpc) is 2.82. The Labute approximate surface area is 125 Å². The van der Waals surface area contributed by atoms with E-state index < -0.39 is 0 Å². The van der Waals surface area contributed by atoms with E-state index in [-0.39, 0.29) is 12.4 Å². The monoisotopic (exact) mass is 284 g/mol. The highest BCUT2D eigenvalue weighted by Gasteiger charge is 2.09. The third-order valence-electron chi connectivity index (χ3n) is 3.22. The van der Waals surface area contributed by atoms with Gasteiger partial charge >= 0.3 is 0 Å². The van der Waals surface area contributed by atoms with Gasteiger partial charge in [-0.25, -0.2) is 4.98 Å². The first-order chi connectivity index (χ1) is 9.24. The van der Waals surface area contributed by atoms with E-state index in [1.807, 2.05) is 18.2 Å². The van der Waals surface area contributed by atoms with Gasteiger partial charge < -0.3 is 4.98 Å². The van der Waals surface area contributed by atoms with E-state index in [0.717, 1.165) is 28.3 Å². The van der Waals surface area contributed by atoms with Gasteiger partial charge in [-0.2, -0.15) is 0 Å². The molecule has 0 saturated carbocycles. The van der Waals surface area contributed by atoms with Crippen LogP contribution in [0.5, 0.6) is 0 Å². The van der Waals surface area contributed by atoms with E-state index in [9.17, 15) is 0 Å². The predicted molar refractivity (Wildman–Crippen MR) is 86.2 cm³/mol. The highest BCUT2D eigenvalue weighted by atomic mass is 35.5. The zero-order valence-corrected chi connectivity index (χ0v) is 12.4. The molecule has 0 bridgehead atoms. The number of aryl methyl sites for hydroxylation is 2. The molecule has 3 heteroatoms. The van der Waals surface area contributed by atoms with Gasteiger partial charge in [-0.3, -0.25) is 0 Å². The van der Waals surface area contributed by atoms with Crippen molar-refractivity contribution in [3.05, 3.63) is 65.9 Å². The van der Waals surface area contributed by atoms with Crippen LogP contribution in [0.2, 0.25) is 0 Å². The van der Waals surface area contributed by atoms with Gasteiger partial charge in [0.25, 0.3) is 0 Å². The molecule has 1 aromatic heterocycles. The molecule has 2 nitrogen and oxygen atoms in total. The molecular formula is C17H17ClN2. The molecule has 1 heterocycles. The number of H-pyrrole nitrogens is 1. The van der Waals surface area contributed by atoms with Crippen molar-refractivity contribution >= 4 is 12.4 Å². The van der Waals surface area contributed by atoms with Crippen LogP contribution in [-0.4, -0.2) is 9.97 Å². The summed E-state index contributed by atoms with van der Waals surface area (Å²) in [6, 6.07) is 18.7. The molecule has 0 atom stereocenters. The second-order valence-corrected chi connectivity index (χ2v) is 4.79. The Morgan fingerprint density at radius 2 is 1.55 bits per heavy atom. The molecule has 0 unspecified atom stereocenters. The maximum absolute atomic E-state index is 4.74. The molecule has 1 N–H and O–H groups in total. The van der Waals surface area contributed by atoms with Crippen molar-refractivity contribution in [2.75, 3.05) is 0 Å².